The van der Waals surface area contributed by atoms with E-state index in [0.29, 0.717) is 33.4 Å². The molecular formula is C56H63N5O9S2. The fourth-order valence-electron chi connectivity index (χ4n) is 7.33. The SMILES string of the molecule is CC(CC(=O)N[C@@H](Cc1ccccc1)C(=O)NCC(=O)Nc1ccc(COC(=O)N(C)C(C)C(C)C)cc1)OCCC(C)(C)Oc1ccc(N2C(=O)C(Sc3ccccc3)=C(Sc3ccccc3)C2=O)cc1. The Morgan fingerprint density at radius 3 is 1.81 bits per heavy atom. The molecule has 6 amide bonds. The van der Waals surface area contributed by atoms with Crippen molar-refractivity contribution in [2.45, 2.75) is 101 Å². The van der Waals surface area contributed by atoms with Crippen molar-refractivity contribution in [3.8, 4) is 5.75 Å². The van der Waals surface area contributed by atoms with Crippen LogP contribution in [0.15, 0.2) is 159 Å². The maximum atomic E-state index is 13.9. The fourth-order valence-corrected chi connectivity index (χ4v) is 9.35. The number of ether oxygens (including phenoxy) is 3. The third-order valence-corrected chi connectivity index (χ3v) is 14.1. The first-order valence-corrected chi connectivity index (χ1v) is 25.5. The van der Waals surface area contributed by atoms with Crippen LogP contribution in [0.4, 0.5) is 16.2 Å². The van der Waals surface area contributed by atoms with E-state index in [2.05, 4.69) is 16.0 Å². The Balaban J connectivity index is 0.958. The van der Waals surface area contributed by atoms with Gasteiger partial charge in [-0.2, -0.15) is 0 Å². The van der Waals surface area contributed by atoms with E-state index in [4.69, 9.17) is 14.2 Å². The van der Waals surface area contributed by atoms with Crippen molar-refractivity contribution >= 4 is 70.5 Å². The maximum absolute atomic E-state index is 13.9. The molecule has 2 unspecified atom stereocenters. The van der Waals surface area contributed by atoms with Crippen LogP contribution in [-0.2, 0) is 46.5 Å². The molecule has 0 saturated heterocycles. The zero-order valence-electron chi connectivity index (χ0n) is 41.7. The van der Waals surface area contributed by atoms with Crippen molar-refractivity contribution in [3.05, 3.63) is 160 Å². The third kappa shape index (κ3) is 16.1. The highest BCUT2D eigenvalue weighted by molar-refractivity contribution is 8.08. The average Bonchev–Trinajstić information content (AvgIpc) is 3.58. The highest BCUT2D eigenvalue weighted by atomic mass is 32.2. The summed E-state index contributed by atoms with van der Waals surface area (Å²) in [6, 6.07) is 41.0. The standard InChI is InChI=1S/C56H63N5O9S2/c1-37(2)39(4)60(7)55(67)69-36-41-23-25-42(26-24-41)58-49(63)35-57-52(64)47(34-40-17-11-8-12-18-40)59-48(62)33-38(3)68-32-31-56(5,6)70-44-29-27-43(28-30-44)61-53(65)50(71-45-19-13-9-14-20-45)51(54(61)66)72-46-21-15-10-16-22-46/h8-30,37-39,47H,31-36H2,1-7H3,(H,57,64)(H,58,63)(H,59,62)/t38?,39?,47-/m0/s1. The Bertz CT molecular complexity index is 2600. The van der Waals surface area contributed by atoms with Gasteiger partial charge in [0.05, 0.1) is 41.2 Å². The Morgan fingerprint density at radius 1 is 0.694 bits per heavy atom. The van der Waals surface area contributed by atoms with Gasteiger partial charge in [0.1, 0.15) is 24.0 Å². The number of nitrogens with zero attached hydrogens (tertiary/aromatic N) is 2. The summed E-state index contributed by atoms with van der Waals surface area (Å²) >= 11 is 2.54. The predicted octanol–water partition coefficient (Wildman–Crippen LogP) is 9.79. The van der Waals surface area contributed by atoms with Gasteiger partial charge < -0.3 is 35.1 Å². The lowest BCUT2D eigenvalue weighted by atomic mass is 10.0. The Kier molecular flexibility index (Phi) is 19.7. The van der Waals surface area contributed by atoms with Crippen molar-refractivity contribution in [1.82, 2.24) is 15.5 Å². The predicted molar refractivity (Wildman–Crippen MR) is 282 cm³/mol. The van der Waals surface area contributed by atoms with Crippen LogP contribution < -0.4 is 25.6 Å². The van der Waals surface area contributed by atoms with E-state index in [1.54, 1.807) is 67.4 Å². The quantitative estimate of drug-likeness (QED) is 0.0503. The molecule has 6 rings (SSSR count). The van der Waals surface area contributed by atoms with Crippen LogP contribution >= 0.6 is 23.5 Å². The Hall–Kier alpha value is -6.88. The minimum atomic E-state index is -0.966. The summed E-state index contributed by atoms with van der Waals surface area (Å²) in [5.41, 5.74) is 1.79. The van der Waals surface area contributed by atoms with Crippen LogP contribution in [0.2, 0.25) is 0 Å². The van der Waals surface area contributed by atoms with Gasteiger partial charge in [-0.3, -0.25) is 24.0 Å². The molecule has 0 aliphatic carbocycles. The second-order valence-electron chi connectivity index (χ2n) is 18.3. The minimum Gasteiger partial charge on any atom is -0.488 e. The topological polar surface area (TPSA) is 173 Å². The van der Waals surface area contributed by atoms with E-state index in [1.807, 2.05) is 126 Å². The molecule has 16 heteroatoms. The summed E-state index contributed by atoms with van der Waals surface area (Å²) in [6.45, 7) is 11.6. The first-order valence-electron chi connectivity index (χ1n) is 23.8. The molecule has 3 N–H and O–H groups in total. The lowest BCUT2D eigenvalue weighted by Crippen LogP contribution is -2.50. The summed E-state index contributed by atoms with van der Waals surface area (Å²) in [5.74, 6) is -1.35. The van der Waals surface area contributed by atoms with E-state index in [9.17, 15) is 28.8 Å². The Labute approximate surface area is 430 Å². The van der Waals surface area contributed by atoms with Crippen LogP contribution in [0.5, 0.6) is 5.75 Å². The maximum Gasteiger partial charge on any atom is 0.410 e. The largest absolute Gasteiger partial charge is 0.488 e. The van der Waals surface area contributed by atoms with Crippen LogP contribution in [0.1, 0.15) is 65.5 Å². The molecule has 0 aromatic heterocycles. The average molecular weight is 1010 g/mol. The molecule has 1 aliphatic heterocycles. The summed E-state index contributed by atoms with van der Waals surface area (Å²) in [5, 5.41) is 8.24. The van der Waals surface area contributed by atoms with Crippen molar-refractivity contribution in [1.29, 1.82) is 0 Å². The van der Waals surface area contributed by atoms with Crippen molar-refractivity contribution < 1.29 is 43.0 Å². The van der Waals surface area contributed by atoms with Gasteiger partial charge in [0.25, 0.3) is 11.8 Å². The molecule has 1 heterocycles. The second-order valence-corrected chi connectivity index (χ2v) is 20.5. The smallest absolute Gasteiger partial charge is 0.410 e. The van der Waals surface area contributed by atoms with Crippen molar-refractivity contribution in [3.63, 3.8) is 0 Å². The van der Waals surface area contributed by atoms with Crippen LogP contribution in [0.3, 0.4) is 0 Å². The molecule has 14 nitrogen and oxygen atoms in total. The number of hydrogen-bond donors (Lipinski definition) is 3. The van der Waals surface area contributed by atoms with E-state index in [0.717, 1.165) is 20.9 Å². The number of nitrogens with one attached hydrogen (secondary N) is 3. The molecule has 3 atom stereocenters. The third-order valence-electron chi connectivity index (χ3n) is 11.8. The summed E-state index contributed by atoms with van der Waals surface area (Å²) in [7, 11) is 1.71. The molecule has 0 spiro atoms. The number of hydrogen-bond acceptors (Lipinski definition) is 11. The van der Waals surface area contributed by atoms with E-state index in [-0.39, 0.29) is 44.6 Å². The summed E-state index contributed by atoms with van der Waals surface area (Å²) in [4.78, 5) is 85.2. The summed E-state index contributed by atoms with van der Waals surface area (Å²) < 4.78 is 17.8. The number of carbonyl (C=O) groups is 6. The molecule has 5 aromatic rings. The molecule has 72 heavy (non-hydrogen) atoms. The zero-order chi connectivity index (χ0) is 51.8. The molecule has 0 saturated carbocycles. The number of anilines is 2. The molecule has 0 bridgehead atoms. The summed E-state index contributed by atoms with van der Waals surface area (Å²) in [6.07, 6.45) is -0.283. The molecular weight excluding hydrogens is 951 g/mol. The van der Waals surface area contributed by atoms with Crippen molar-refractivity contribution in [2.24, 2.45) is 5.92 Å². The number of carbonyl (C=O) groups excluding carboxylic acids is 6. The highest BCUT2D eigenvalue weighted by Gasteiger charge is 2.40. The van der Waals surface area contributed by atoms with Gasteiger partial charge >= 0.3 is 6.09 Å². The number of imide groups is 1. The molecule has 378 valence electrons. The van der Waals surface area contributed by atoms with Crippen LogP contribution in [0.25, 0.3) is 0 Å². The van der Waals surface area contributed by atoms with E-state index in [1.165, 1.54) is 28.4 Å². The van der Waals surface area contributed by atoms with Gasteiger partial charge in [-0.25, -0.2) is 9.69 Å². The fraction of sp³-hybridized carbons (Fsp3) is 0.321. The normalized spacial score (nSPS) is 13.9. The van der Waals surface area contributed by atoms with Gasteiger partial charge in [0.2, 0.25) is 17.7 Å². The second kappa shape index (κ2) is 26.0. The lowest BCUT2D eigenvalue weighted by molar-refractivity contribution is -0.131. The number of benzene rings is 5. The lowest BCUT2D eigenvalue weighted by Gasteiger charge is -2.27. The minimum absolute atomic E-state index is 0.0198. The first kappa shape index (κ1) is 54.5. The molecule has 1 aliphatic rings. The van der Waals surface area contributed by atoms with Gasteiger partial charge in [-0.1, -0.05) is 116 Å². The van der Waals surface area contributed by atoms with Crippen LogP contribution in [0, 0.1) is 5.92 Å². The molecule has 5 aromatic carbocycles. The van der Waals surface area contributed by atoms with Gasteiger partial charge in [-0.05, 0) is 105 Å². The number of thioether (sulfide) groups is 2. The van der Waals surface area contributed by atoms with Gasteiger partial charge in [0, 0.05) is 41.4 Å². The van der Waals surface area contributed by atoms with Crippen molar-refractivity contribution in [2.75, 3.05) is 30.4 Å². The van der Waals surface area contributed by atoms with Gasteiger partial charge in [-0.15, -0.1) is 0 Å². The van der Waals surface area contributed by atoms with E-state index < -0.39 is 53.4 Å². The Morgan fingerprint density at radius 2 is 1.25 bits per heavy atom. The van der Waals surface area contributed by atoms with Gasteiger partial charge in [0.15, 0.2) is 0 Å². The number of rotatable bonds is 24. The number of amides is 6. The monoisotopic (exact) mass is 1010 g/mol. The zero-order valence-corrected chi connectivity index (χ0v) is 43.3. The first-order chi connectivity index (χ1) is 34.5. The molecule has 0 fully saturated rings. The molecule has 0 radical (unpaired) electrons. The highest BCUT2D eigenvalue weighted by Crippen LogP contribution is 2.44. The van der Waals surface area contributed by atoms with Crippen LogP contribution in [-0.4, -0.2) is 84.5 Å². The van der Waals surface area contributed by atoms with E-state index >= 15 is 0 Å².